The molecule has 1 saturated heterocycles. The molecule has 242 valence electrons. The first-order valence-electron chi connectivity index (χ1n) is 16.4. The van der Waals surface area contributed by atoms with Crippen LogP contribution in [0.2, 0.25) is 0 Å². The van der Waals surface area contributed by atoms with Crippen LogP contribution in [0.1, 0.15) is 46.2 Å². The van der Waals surface area contributed by atoms with Crippen molar-refractivity contribution in [3.8, 4) is 11.5 Å². The van der Waals surface area contributed by atoms with E-state index in [1.165, 1.54) is 0 Å². The third-order valence-electron chi connectivity index (χ3n) is 8.15. The van der Waals surface area contributed by atoms with Crippen LogP contribution < -0.4 is 21.3 Å². The van der Waals surface area contributed by atoms with Crippen LogP contribution in [0.25, 0.3) is 0 Å². The monoisotopic (exact) mass is 606 g/mol. The number of hydrogen-bond donors (Lipinski definition) is 6. The van der Waals surface area contributed by atoms with Gasteiger partial charge in [0.25, 0.3) is 0 Å². The molecule has 44 heavy (non-hydrogen) atoms. The molecule has 3 heterocycles. The van der Waals surface area contributed by atoms with E-state index in [0.717, 1.165) is 125 Å². The van der Waals surface area contributed by atoms with Crippen LogP contribution in [0.5, 0.6) is 11.5 Å². The summed E-state index contributed by atoms with van der Waals surface area (Å²) in [6, 6.07) is 8.23. The lowest BCUT2D eigenvalue weighted by molar-refractivity contribution is 0.238. The number of nitrogens with one attached hydrogen (secondary N) is 4. The quantitative estimate of drug-likeness (QED) is 0.252. The highest BCUT2D eigenvalue weighted by molar-refractivity contribution is 5.85. The molecule has 1 fully saturated rings. The fourth-order valence-corrected chi connectivity index (χ4v) is 5.85. The van der Waals surface area contributed by atoms with Crippen molar-refractivity contribution in [2.75, 3.05) is 91.6 Å². The van der Waals surface area contributed by atoms with Crippen molar-refractivity contribution in [2.45, 2.75) is 39.8 Å². The van der Waals surface area contributed by atoms with E-state index in [1.54, 1.807) is 0 Å². The number of benzene rings is 2. The molecule has 0 aliphatic carbocycles. The molecule has 0 saturated carbocycles. The molecule has 3 aliphatic rings. The van der Waals surface area contributed by atoms with Crippen molar-refractivity contribution >= 4 is 12.4 Å². The molecule has 10 heteroatoms. The Morgan fingerprint density at radius 3 is 1.43 bits per heavy atom. The molecule has 3 aliphatic heterocycles. The molecule has 6 bridgehead atoms. The van der Waals surface area contributed by atoms with Crippen molar-refractivity contribution in [3.05, 3.63) is 57.6 Å². The third kappa shape index (κ3) is 11.6. The molecule has 2 unspecified atom stereocenters. The van der Waals surface area contributed by atoms with Gasteiger partial charge < -0.3 is 31.5 Å². The van der Waals surface area contributed by atoms with Crippen LogP contribution in [0.15, 0.2) is 34.3 Å². The minimum atomic E-state index is 0.338. The SMILES string of the molecule is Cc1cc2c(O)c(c1)CN1CCCNCCN(CCCNCC1)Cc1cc(C)cc(c1O)C=NCCNCCNCCN=C2. The van der Waals surface area contributed by atoms with Gasteiger partial charge >= 0.3 is 0 Å². The minimum absolute atomic E-state index is 0.338. The second kappa shape index (κ2) is 18.8. The van der Waals surface area contributed by atoms with E-state index >= 15 is 0 Å². The summed E-state index contributed by atoms with van der Waals surface area (Å²) < 4.78 is 0. The van der Waals surface area contributed by atoms with Gasteiger partial charge in [-0.1, -0.05) is 12.1 Å². The van der Waals surface area contributed by atoms with Crippen LogP contribution in [-0.2, 0) is 13.1 Å². The highest BCUT2D eigenvalue weighted by atomic mass is 16.3. The average Bonchev–Trinajstić information content (AvgIpc) is 3.00. The molecule has 0 amide bonds. The number of fused-ring (bicyclic) bond motifs is 19. The zero-order chi connectivity index (χ0) is 31.0. The van der Waals surface area contributed by atoms with Gasteiger partial charge in [-0.2, -0.15) is 0 Å². The van der Waals surface area contributed by atoms with Gasteiger partial charge in [-0.25, -0.2) is 0 Å². The second-order valence-electron chi connectivity index (χ2n) is 12.1. The molecule has 6 N–H and O–H groups in total. The zero-order valence-electron chi connectivity index (χ0n) is 26.9. The Morgan fingerprint density at radius 2 is 0.977 bits per heavy atom. The van der Waals surface area contributed by atoms with E-state index in [2.05, 4.69) is 67.0 Å². The van der Waals surface area contributed by atoms with E-state index in [-0.39, 0.29) is 0 Å². The van der Waals surface area contributed by atoms with Crippen molar-refractivity contribution in [1.29, 1.82) is 0 Å². The predicted molar refractivity (Wildman–Crippen MR) is 182 cm³/mol. The third-order valence-corrected chi connectivity index (χ3v) is 8.15. The minimum Gasteiger partial charge on any atom is -0.507 e. The smallest absolute Gasteiger partial charge is 0.128 e. The summed E-state index contributed by atoms with van der Waals surface area (Å²) in [5.41, 5.74) is 5.76. The summed E-state index contributed by atoms with van der Waals surface area (Å²) >= 11 is 0. The van der Waals surface area contributed by atoms with Gasteiger partial charge in [0.05, 0.1) is 13.1 Å². The molecule has 0 spiro atoms. The number of rotatable bonds is 0. The van der Waals surface area contributed by atoms with Gasteiger partial charge in [0.15, 0.2) is 0 Å². The van der Waals surface area contributed by atoms with Gasteiger partial charge in [-0.05, 0) is 76.1 Å². The lowest BCUT2D eigenvalue weighted by Crippen LogP contribution is -2.38. The lowest BCUT2D eigenvalue weighted by Gasteiger charge is -2.26. The van der Waals surface area contributed by atoms with E-state index in [1.807, 2.05) is 24.6 Å². The Hall–Kier alpha value is -2.86. The van der Waals surface area contributed by atoms with Crippen LogP contribution in [0, 0.1) is 13.8 Å². The zero-order valence-corrected chi connectivity index (χ0v) is 26.9. The lowest BCUT2D eigenvalue weighted by atomic mass is 10.0. The highest BCUT2D eigenvalue weighted by Gasteiger charge is 2.15. The van der Waals surface area contributed by atoms with E-state index in [0.29, 0.717) is 37.7 Å². The van der Waals surface area contributed by atoms with Crippen LogP contribution in [0.3, 0.4) is 0 Å². The van der Waals surface area contributed by atoms with Crippen LogP contribution in [-0.4, -0.2) is 124 Å². The summed E-state index contributed by atoms with van der Waals surface area (Å²) in [5.74, 6) is 0.675. The van der Waals surface area contributed by atoms with Gasteiger partial charge in [0, 0.05) is 100 Å². The molecular weight excluding hydrogens is 552 g/mol. The summed E-state index contributed by atoms with van der Waals surface area (Å²) in [5, 5.41) is 36.4. The maximum Gasteiger partial charge on any atom is 0.128 e. The van der Waals surface area contributed by atoms with Crippen LogP contribution in [0.4, 0.5) is 0 Å². The molecule has 2 aromatic carbocycles. The molecular formula is C34H54N8O2. The maximum absolute atomic E-state index is 11.1. The van der Waals surface area contributed by atoms with E-state index in [4.69, 9.17) is 0 Å². The van der Waals surface area contributed by atoms with Crippen LogP contribution >= 0.6 is 0 Å². The highest BCUT2D eigenvalue weighted by Crippen LogP contribution is 2.26. The van der Waals surface area contributed by atoms with Gasteiger partial charge in [0.1, 0.15) is 11.5 Å². The predicted octanol–water partition coefficient (Wildman–Crippen LogP) is 2.02. The molecule has 5 rings (SSSR count). The average molecular weight is 607 g/mol. The number of phenolic OH excluding ortho intramolecular Hbond substituents is 2. The summed E-state index contributed by atoms with van der Waals surface area (Å²) in [6.07, 6.45) is 5.69. The first-order valence-corrected chi connectivity index (χ1v) is 16.4. The van der Waals surface area contributed by atoms with Gasteiger partial charge in [-0.15, -0.1) is 0 Å². The van der Waals surface area contributed by atoms with Gasteiger partial charge in [0.2, 0.25) is 0 Å². The summed E-state index contributed by atoms with van der Waals surface area (Å²) in [7, 11) is 0. The largest absolute Gasteiger partial charge is 0.507 e. The standard InChI is InChI=1S/C34H54N8O2/c1-27-19-29-23-39-11-9-37-7-8-38-10-12-40-24-30-20-28(2)22-32(34(30)44)26-42-16-4-6-35-13-17-41(15-3-5-36-14-18-42)25-31(21-27)33(29)43/h19-24,35-38,43-44H,3-18,25-26H2,1-2H3. The van der Waals surface area contributed by atoms with Crippen molar-refractivity contribution in [1.82, 2.24) is 31.1 Å². The Kier molecular flexibility index (Phi) is 14.6. The van der Waals surface area contributed by atoms with Gasteiger partial charge in [-0.3, -0.25) is 19.8 Å². The summed E-state index contributed by atoms with van der Waals surface area (Å²) in [6.45, 7) is 17.6. The molecule has 2 atom stereocenters. The molecule has 0 radical (unpaired) electrons. The number of nitrogens with zero attached hydrogens (tertiary/aromatic N) is 4. The van der Waals surface area contributed by atoms with E-state index < -0.39 is 0 Å². The number of aromatic hydroxyl groups is 2. The first-order chi connectivity index (χ1) is 21.5. The Morgan fingerprint density at radius 1 is 0.545 bits per heavy atom. The van der Waals surface area contributed by atoms with Crippen molar-refractivity contribution in [2.24, 2.45) is 9.98 Å². The van der Waals surface area contributed by atoms with Crippen molar-refractivity contribution < 1.29 is 10.2 Å². The number of aryl methyl sites for hydroxylation is 2. The number of hydrogen-bond acceptors (Lipinski definition) is 10. The maximum atomic E-state index is 11.1. The first kappa shape index (κ1) is 34.0. The molecule has 2 aromatic rings. The second-order valence-corrected chi connectivity index (χ2v) is 12.1. The number of aliphatic imine (C=N–C) groups is 2. The fraction of sp³-hybridized carbons (Fsp3) is 0.588. The fourth-order valence-electron chi connectivity index (χ4n) is 5.85. The molecule has 0 aromatic heterocycles. The Labute approximate surface area is 264 Å². The summed E-state index contributed by atoms with van der Waals surface area (Å²) in [4.78, 5) is 14.1. The Bertz CT molecular complexity index is 1110. The molecule has 10 nitrogen and oxygen atoms in total. The topological polar surface area (TPSA) is 120 Å². The van der Waals surface area contributed by atoms with E-state index in [9.17, 15) is 10.2 Å². The Balaban J connectivity index is 1.49. The van der Waals surface area contributed by atoms with Crippen molar-refractivity contribution in [3.63, 3.8) is 0 Å². The number of phenols is 2. The normalized spacial score (nSPS) is 22.6.